The lowest BCUT2D eigenvalue weighted by atomic mass is 10.0. The number of nitrogens with one attached hydrogen (secondary N) is 1. The van der Waals surface area contributed by atoms with Crippen molar-refractivity contribution in [1.29, 1.82) is 0 Å². The van der Waals surface area contributed by atoms with Gasteiger partial charge < -0.3 is 15.2 Å². The molecule has 2 N–H and O–H groups in total. The lowest BCUT2D eigenvalue weighted by Gasteiger charge is -2.24. The Kier molecular flexibility index (Phi) is 6.78. The number of carbonyl (C=O) groups excluding carboxylic acids is 1. The van der Waals surface area contributed by atoms with Crippen LogP contribution in [-0.4, -0.2) is 29.8 Å². The van der Waals surface area contributed by atoms with Crippen LogP contribution in [0.1, 0.15) is 18.1 Å². The fourth-order valence-electron chi connectivity index (χ4n) is 2.38. The third-order valence-electron chi connectivity index (χ3n) is 3.63. The molecule has 0 spiro atoms. The van der Waals surface area contributed by atoms with Gasteiger partial charge >= 0.3 is 5.97 Å². The Labute approximate surface area is 137 Å². The van der Waals surface area contributed by atoms with Crippen LogP contribution in [0, 0.1) is 0 Å². The number of aliphatic hydroxyl groups excluding tert-OH is 1. The van der Waals surface area contributed by atoms with Crippen LogP contribution in [0.5, 0.6) is 0 Å². The summed E-state index contributed by atoms with van der Waals surface area (Å²) in [5.74, 6) is -0.384. The van der Waals surface area contributed by atoms with Gasteiger partial charge in [0, 0.05) is 19.5 Å². The molecule has 2 rings (SSSR count). The summed E-state index contributed by atoms with van der Waals surface area (Å²) in [4.78, 5) is 11.0. The highest BCUT2D eigenvalue weighted by Gasteiger charge is 2.20. The predicted molar refractivity (Wildman–Crippen MR) is 89.9 cm³/mol. The summed E-state index contributed by atoms with van der Waals surface area (Å²) in [7, 11) is 0. The molecule has 0 saturated carbocycles. The Bertz CT molecular complexity index is 586. The second-order valence-corrected chi connectivity index (χ2v) is 5.53. The average molecular weight is 313 g/mol. The topological polar surface area (TPSA) is 58.6 Å². The molecule has 0 aliphatic carbocycles. The molecule has 0 saturated heterocycles. The summed E-state index contributed by atoms with van der Waals surface area (Å²) in [6, 6.07) is 19.8. The molecule has 23 heavy (non-hydrogen) atoms. The molecule has 4 heteroatoms. The lowest BCUT2D eigenvalue weighted by Crippen LogP contribution is -2.43. The summed E-state index contributed by atoms with van der Waals surface area (Å²) in [6.45, 7) is 1.99. The normalized spacial score (nSPS) is 13.3. The number of carbonyl (C=O) groups is 1. The number of aliphatic hydroxyl groups is 1. The molecule has 0 bridgehead atoms. The molecule has 0 unspecified atom stereocenters. The fraction of sp³-hybridized carbons (Fsp3) is 0.316. The fourth-order valence-corrected chi connectivity index (χ4v) is 2.38. The van der Waals surface area contributed by atoms with Gasteiger partial charge in [0.2, 0.25) is 0 Å². The van der Waals surface area contributed by atoms with E-state index in [0.717, 1.165) is 11.1 Å². The molecule has 0 aromatic heterocycles. The van der Waals surface area contributed by atoms with Crippen LogP contribution in [0.2, 0.25) is 0 Å². The molecule has 0 aliphatic heterocycles. The van der Waals surface area contributed by atoms with Gasteiger partial charge in [0.1, 0.15) is 12.7 Å². The predicted octanol–water partition coefficient (Wildman–Crippen LogP) is 2.31. The highest BCUT2D eigenvalue weighted by atomic mass is 16.5. The molecule has 122 valence electrons. The van der Waals surface area contributed by atoms with Crippen LogP contribution in [0.15, 0.2) is 60.7 Å². The van der Waals surface area contributed by atoms with Crippen molar-refractivity contribution in [2.24, 2.45) is 0 Å². The van der Waals surface area contributed by atoms with Crippen LogP contribution >= 0.6 is 0 Å². The zero-order valence-corrected chi connectivity index (χ0v) is 13.3. The van der Waals surface area contributed by atoms with E-state index in [4.69, 9.17) is 4.74 Å². The largest absolute Gasteiger partial charge is 0.463 e. The molecule has 0 fully saturated rings. The van der Waals surface area contributed by atoms with E-state index in [-0.39, 0.29) is 18.6 Å². The number of esters is 1. The number of hydrogen-bond donors (Lipinski definition) is 2. The van der Waals surface area contributed by atoms with Gasteiger partial charge in [-0.25, -0.2) is 0 Å². The average Bonchev–Trinajstić information content (AvgIpc) is 2.58. The molecular formula is C19H23NO3. The van der Waals surface area contributed by atoms with Crippen LogP contribution in [0.25, 0.3) is 0 Å². The quantitative estimate of drug-likeness (QED) is 0.734. The minimum atomic E-state index is -0.761. The SMILES string of the molecule is CC(=O)OC[C@@H](O)[C@H](Cc1ccccc1)NCc1ccccc1. The molecule has 0 radical (unpaired) electrons. The van der Waals surface area contributed by atoms with Gasteiger partial charge in [-0.1, -0.05) is 60.7 Å². The maximum atomic E-state index is 11.0. The Morgan fingerprint density at radius 2 is 1.61 bits per heavy atom. The second-order valence-electron chi connectivity index (χ2n) is 5.53. The third kappa shape index (κ3) is 6.22. The molecular weight excluding hydrogens is 290 g/mol. The molecule has 4 nitrogen and oxygen atoms in total. The van der Waals surface area contributed by atoms with Crippen molar-refractivity contribution in [3.63, 3.8) is 0 Å². The van der Waals surface area contributed by atoms with E-state index in [2.05, 4.69) is 5.32 Å². The summed E-state index contributed by atoms with van der Waals surface area (Å²) >= 11 is 0. The second kappa shape index (κ2) is 9.08. The maximum Gasteiger partial charge on any atom is 0.302 e. The number of ether oxygens (including phenoxy) is 1. The van der Waals surface area contributed by atoms with E-state index in [0.29, 0.717) is 13.0 Å². The smallest absolute Gasteiger partial charge is 0.302 e. The zero-order valence-electron chi connectivity index (χ0n) is 13.3. The minimum Gasteiger partial charge on any atom is -0.463 e. The number of hydrogen-bond acceptors (Lipinski definition) is 4. The Balaban J connectivity index is 1.99. The highest BCUT2D eigenvalue weighted by Crippen LogP contribution is 2.09. The maximum absolute atomic E-state index is 11.0. The first-order valence-electron chi connectivity index (χ1n) is 7.78. The van der Waals surface area contributed by atoms with Gasteiger partial charge in [0.05, 0.1) is 0 Å². The van der Waals surface area contributed by atoms with E-state index < -0.39 is 6.10 Å². The summed E-state index contributed by atoms with van der Waals surface area (Å²) in [6.07, 6.45) is -0.0985. The first-order chi connectivity index (χ1) is 11.1. The van der Waals surface area contributed by atoms with E-state index in [1.54, 1.807) is 0 Å². The van der Waals surface area contributed by atoms with Gasteiger partial charge in [0.15, 0.2) is 0 Å². The molecule has 2 aromatic carbocycles. The van der Waals surface area contributed by atoms with Gasteiger partial charge in [-0.2, -0.15) is 0 Å². The van der Waals surface area contributed by atoms with Crippen molar-refractivity contribution in [3.8, 4) is 0 Å². The van der Waals surface area contributed by atoms with Gasteiger partial charge in [-0.3, -0.25) is 4.79 Å². The van der Waals surface area contributed by atoms with Gasteiger partial charge in [-0.15, -0.1) is 0 Å². The molecule has 2 aromatic rings. The first kappa shape index (κ1) is 17.2. The molecule has 0 amide bonds. The van der Waals surface area contributed by atoms with E-state index in [1.165, 1.54) is 6.92 Å². The van der Waals surface area contributed by atoms with Crippen molar-refractivity contribution in [3.05, 3.63) is 71.8 Å². The monoisotopic (exact) mass is 313 g/mol. The van der Waals surface area contributed by atoms with Crippen LogP contribution in [0.4, 0.5) is 0 Å². The van der Waals surface area contributed by atoms with Crippen molar-refractivity contribution in [2.75, 3.05) is 6.61 Å². The van der Waals surface area contributed by atoms with Crippen molar-refractivity contribution in [1.82, 2.24) is 5.32 Å². The lowest BCUT2D eigenvalue weighted by molar-refractivity contribution is -0.144. The molecule has 2 atom stereocenters. The van der Waals surface area contributed by atoms with Gasteiger partial charge in [-0.05, 0) is 17.5 Å². The van der Waals surface area contributed by atoms with Crippen LogP contribution in [0.3, 0.4) is 0 Å². The number of rotatable bonds is 8. The van der Waals surface area contributed by atoms with Crippen molar-refractivity contribution < 1.29 is 14.6 Å². The third-order valence-corrected chi connectivity index (χ3v) is 3.63. The summed E-state index contributed by atoms with van der Waals surface area (Å²) < 4.78 is 4.95. The van der Waals surface area contributed by atoms with E-state index in [9.17, 15) is 9.90 Å². The first-order valence-corrected chi connectivity index (χ1v) is 7.78. The van der Waals surface area contributed by atoms with Gasteiger partial charge in [0.25, 0.3) is 0 Å². The standard InChI is InChI=1S/C19H23NO3/c1-15(21)23-14-19(22)18(12-16-8-4-2-5-9-16)20-13-17-10-6-3-7-11-17/h2-11,18-20,22H,12-14H2,1H3/t18-,19+/m0/s1. The molecule has 0 heterocycles. The highest BCUT2D eigenvalue weighted by molar-refractivity contribution is 5.65. The molecule has 0 aliphatic rings. The van der Waals surface area contributed by atoms with E-state index >= 15 is 0 Å². The van der Waals surface area contributed by atoms with E-state index in [1.807, 2.05) is 60.7 Å². The Hall–Kier alpha value is -2.17. The summed E-state index contributed by atoms with van der Waals surface area (Å²) in [5, 5.41) is 13.7. The Morgan fingerprint density at radius 1 is 1.04 bits per heavy atom. The minimum absolute atomic E-state index is 0.00533. The van der Waals surface area contributed by atoms with Crippen molar-refractivity contribution in [2.45, 2.75) is 32.0 Å². The van der Waals surface area contributed by atoms with Crippen LogP contribution < -0.4 is 5.32 Å². The zero-order chi connectivity index (χ0) is 16.5. The van der Waals surface area contributed by atoms with Crippen LogP contribution in [-0.2, 0) is 22.5 Å². The van der Waals surface area contributed by atoms with Crippen molar-refractivity contribution >= 4 is 5.97 Å². The summed E-state index contributed by atoms with van der Waals surface area (Å²) in [5.41, 5.74) is 2.27. The Morgan fingerprint density at radius 3 is 2.17 bits per heavy atom. The number of benzene rings is 2.